The average molecular weight is 463 g/mol. The van der Waals surface area contributed by atoms with Gasteiger partial charge >= 0.3 is 0 Å². The van der Waals surface area contributed by atoms with E-state index < -0.39 is 0 Å². The van der Waals surface area contributed by atoms with Crippen molar-refractivity contribution in [3.05, 3.63) is 53.7 Å². The normalized spacial score (nSPS) is 10.6. The van der Waals surface area contributed by atoms with E-state index in [1.807, 2.05) is 23.6 Å². The summed E-state index contributed by atoms with van der Waals surface area (Å²) in [6, 6.07) is 10.9. The quantitative estimate of drug-likeness (QED) is 0.369. The number of halogens is 1. The summed E-state index contributed by atoms with van der Waals surface area (Å²) < 4.78 is 13.4. The van der Waals surface area contributed by atoms with Crippen molar-refractivity contribution in [2.75, 3.05) is 17.7 Å². The molecular weight excluding hydrogens is 444 g/mol. The molecule has 0 fully saturated rings. The smallest absolute Gasteiger partial charge is 0.234 e. The summed E-state index contributed by atoms with van der Waals surface area (Å²) in [6.45, 7) is 6.80. The van der Waals surface area contributed by atoms with Crippen LogP contribution in [0.4, 0.5) is 5.69 Å². The lowest BCUT2D eigenvalue weighted by atomic mass is 10.3. The highest BCUT2D eigenvalue weighted by Gasteiger charge is 2.17. The molecule has 7 nitrogen and oxygen atoms in total. The van der Waals surface area contributed by atoms with Crippen molar-refractivity contribution in [1.29, 1.82) is 0 Å². The number of nitrogens with one attached hydrogen (secondary N) is 1. The van der Waals surface area contributed by atoms with Gasteiger partial charge in [0.05, 0.1) is 12.4 Å². The molecule has 0 aliphatic carbocycles. The molecule has 146 valence electrons. The number of carbonyl (C=O) groups excluding carboxylic acids is 1. The van der Waals surface area contributed by atoms with E-state index in [-0.39, 0.29) is 11.7 Å². The van der Waals surface area contributed by atoms with E-state index in [4.69, 9.17) is 9.15 Å². The van der Waals surface area contributed by atoms with Crippen molar-refractivity contribution in [2.24, 2.45) is 0 Å². The summed E-state index contributed by atoms with van der Waals surface area (Å²) in [5.74, 6) is 2.01. The first-order valence-corrected chi connectivity index (χ1v) is 10.3. The van der Waals surface area contributed by atoms with Gasteiger partial charge in [0.2, 0.25) is 11.7 Å². The molecule has 1 N–H and O–H groups in total. The van der Waals surface area contributed by atoms with Gasteiger partial charge in [-0.25, -0.2) is 0 Å². The fourth-order valence-electron chi connectivity index (χ4n) is 2.43. The Bertz CT molecular complexity index is 953. The number of nitrogens with zero attached hydrogens (tertiary/aromatic N) is 3. The Morgan fingerprint density at radius 3 is 2.75 bits per heavy atom. The molecular formula is C19H19BrN4O3S. The summed E-state index contributed by atoms with van der Waals surface area (Å²) in [4.78, 5) is 12.3. The molecule has 0 spiro atoms. The first-order chi connectivity index (χ1) is 13.6. The van der Waals surface area contributed by atoms with Gasteiger partial charge in [0.15, 0.2) is 15.6 Å². The average Bonchev–Trinajstić information content (AvgIpc) is 3.28. The fourth-order valence-corrected chi connectivity index (χ4v) is 3.49. The van der Waals surface area contributed by atoms with Gasteiger partial charge in [-0.15, -0.1) is 16.8 Å². The highest BCUT2D eigenvalue weighted by molar-refractivity contribution is 9.10. The first-order valence-electron chi connectivity index (χ1n) is 8.56. The van der Waals surface area contributed by atoms with Crippen LogP contribution in [0.5, 0.6) is 5.75 Å². The fraction of sp³-hybridized carbons (Fsp3) is 0.211. The lowest BCUT2D eigenvalue weighted by molar-refractivity contribution is -0.113. The van der Waals surface area contributed by atoms with Crippen LogP contribution in [0.3, 0.4) is 0 Å². The summed E-state index contributed by atoms with van der Waals surface area (Å²) >= 11 is 4.58. The molecule has 0 saturated carbocycles. The van der Waals surface area contributed by atoms with Gasteiger partial charge in [0.25, 0.3) is 0 Å². The SMILES string of the molecule is C=CCn1c(SCC(=O)Nc2ccc(OCC)cc2)nnc1-c1ccc(Br)o1. The largest absolute Gasteiger partial charge is 0.494 e. The number of ether oxygens (including phenoxy) is 1. The van der Waals surface area contributed by atoms with E-state index >= 15 is 0 Å². The molecule has 0 radical (unpaired) electrons. The van der Waals surface area contributed by atoms with E-state index in [1.165, 1.54) is 11.8 Å². The zero-order valence-corrected chi connectivity index (χ0v) is 17.6. The number of allylic oxidation sites excluding steroid dienone is 1. The topological polar surface area (TPSA) is 82.2 Å². The van der Waals surface area contributed by atoms with Crippen LogP contribution in [0.15, 0.2) is 63.3 Å². The van der Waals surface area contributed by atoms with Crippen LogP contribution in [0, 0.1) is 0 Å². The van der Waals surface area contributed by atoms with Gasteiger partial charge in [0.1, 0.15) is 5.75 Å². The maximum absolute atomic E-state index is 12.3. The van der Waals surface area contributed by atoms with Gasteiger partial charge in [-0.3, -0.25) is 9.36 Å². The summed E-state index contributed by atoms with van der Waals surface area (Å²) in [5, 5.41) is 11.9. The summed E-state index contributed by atoms with van der Waals surface area (Å²) in [7, 11) is 0. The second kappa shape index (κ2) is 9.61. The molecule has 0 saturated heterocycles. The Hall–Kier alpha value is -2.52. The number of carbonyl (C=O) groups is 1. The number of amides is 1. The highest BCUT2D eigenvalue weighted by Crippen LogP contribution is 2.27. The van der Waals surface area contributed by atoms with E-state index in [9.17, 15) is 4.79 Å². The highest BCUT2D eigenvalue weighted by atomic mass is 79.9. The molecule has 28 heavy (non-hydrogen) atoms. The van der Waals surface area contributed by atoms with Gasteiger partial charge in [0, 0.05) is 12.2 Å². The van der Waals surface area contributed by atoms with Crippen LogP contribution in [-0.4, -0.2) is 33.0 Å². The van der Waals surface area contributed by atoms with Crippen LogP contribution in [0.25, 0.3) is 11.6 Å². The van der Waals surface area contributed by atoms with Crippen molar-refractivity contribution in [3.63, 3.8) is 0 Å². The molecule has 2 aromatic heterocycles. The third kappa shape index (κ3) is 5.05. The molecule has 0 aliphatic rings. The van der Waals surface area contributed by atoms with E-state index in [1.54, 1.807) is 30.3 Å². The van der Waals surface area contributed by atoms with Crippen LogP contribution in [0.2, 0.25) is 0 Å². The lowest BCUT2D eigenvalue weighted by Crippen LogP contribution is -2.14. The number of thioether (sulfide) groups is 1. The molecule has 3 aromatic rings. The Balaban J connectivity index is 1.64. The monoisotopic (exact) mass is 462 g/mol. The molecule has 3 rings (SSSR count). The van der Waals surface area contributed by atoms with Gasteiger partial charge < -0.3 is 14.5 Å². The van der Waals surface area contributed by atoms with Crippen molar-refractivity contribution in [3.8, 4) is 17.3 Å². The third-order valence-corrected chi connectivity index (χ3v) is 5.00. The predicted molar refractivity (Wildman–Crippen MR) is 113 cm³/mol. The molecule has 1 amide bonds. The molecule has 0 unspecified atom stereocenters. The molecule has 0 atom stereocenters. The van der Waals surface area contributed by atoms with Gasteiger partial charge in [-0.1, -0.05) is 17.8 Å². The number of furan rings is 1. The predicted octanol–water partition coefficient (Wildman–Crippen LogP) is 4.62. The Morgan fingerprint density at radius 2 is 2.11 bits per heavy atom. The second-order valence-corrected chi connectivity index (χ2v) is 7.33. The standard InChI is InChI=1S/C19H19BrN4O3S/c1-3-11-24-18(15-9-10-16(20)27-15)22-23-19(24)28-12-17(25)21-13-5-7-14(8-6-13)26-4-2/h3,5-10H,1,4,11-12H2,2H3,(H,21,25). The van der Waals surface area contributed by atoms with Crippen LogP contribution in [0.1, 0.15) is 6.92 Å². The minimum atomic E-state index is -0.135. The molecule has 9 heteroatoms. The Morgan fingerprint density at radius 1 is 1.32 bits per heavy atom. The number of rotatable bonds is 9. The van der Waals surface area contributed by atoms with Crippen molar-refractivity contribution in [1.82, 2.24) is 14.8 Å². The molecule has 2 heterocycles. The maximum Gasteiger partial charge on any atom is 0.234 e. The molecule has 0 bridgehead atoms. The molecule has 1 aromatic carbocycles. The van der Waals surface area contributed by atoms with Crippen molar-refractivity contribution in [2.45, 2.75) is 18.6 Å². The van der Waals surface area contributed by atoms with Crippen LogP contribution < -0.4 is 10.1 Å². The summed E-state index contributed by atoms with van der Waals surface area (Å²) in [5.41, 5.74) is 0.711. The number of aromatic nitrogens is 3. The number of anilines is 1. The van der Waals surface area contributed by atoms with Crippen molar-refractivity contribution >= 4 is 39.3 Å². The number of benzene rings is 1. The maximum atomic E-state index is 12.3. The van der Waals surface area contributed by atoms with E-state index in [2.05, 4.69) is 38.0 Å². The Kier molecular flexibility index (Phi) is 6.94. The van der Waals surface area contributed by atoms with Crippen molar-refractivity contribution < 1.29 is 13.9 Å². The van der Waals surface area contributed by atoms with Gasteiger partial charge in [-0.05, 0) is 59.3 Å². The third-order valence-electron chi connectivity index (χ3n) is 3.60. The molecule has 0 aliphatic heterocycles. The second-order valence-electron chi connectivity index (χ2n) is 5.60. The minimum Gasteiger partial charge on any atom is -0.494 e. The van der Waals surface area contributed by atoms with Crippen LogP contribution >= 0.6 is 27.7 Å². The first kappa shape index (κ1) is 20.2. The summed E-state index contributed by atoms with van der Waals surface area (Å²) in [6.07, 6.45) is 1.74. The minimum absolute atomic E-state index is 0.135. The van der Waals surface area contributed by atoms with E-state index in [0.29, 0.717) is 40.2 Å². The van der Waals surface area contributed by atoms with Crippen LogP contribution in [-0.2, 0) is 11.3 Å². The zero-order chi connectivity index (χ0) is 19.9. The number of hydrogen-bond acceptors (Lipinski definition) is 6. The Labute approximate surface area is 175 Å². The van der Waals surface area contributed by atoms with Gasteiger partial charge in [-0.2, -0.15) is 0 Å². The lowest BCUT2D eigenvalue weighted by Gasteiger charge is -2.08. The van der Waals surface area contributed by atoms with E-state index in [0.717, 1.165) is 5.75 Å². The number of hydrogen-bond donors (Lipinski definition) is 1. The zero-order valence-electron chi connectivity index (χ0n) is 15.2.